The molecule has 1 aromatic carbocycles. The van der Waals surface area contributed by atoms with E-state index in [4.69, 9.17) is 0 Å². The Balaban J connectivity index is 0.00000208. The zero-order chi connectivity index (χ0) is 16.3. The minimum absolute atomic E-state index is 0. The third-order valence-corrected chi connectivity index (χ3v) is 5.13. The van der Waals surface area contributed by atoms with Crippen molar-refractivity contribution in [1.29, 1.82) is 0 Å². The minimum Gasteiger partial charge on any atom is -0.352 e. The van der Waals surface area contributed by atoms with Gasteiger partial charge in [0.05, 0.1) is 0 Å². The van der Waals surface area contributed by atoms with Gasteiger partial charge in [0.25, 0.3) is 5.91 Å². The van der Waals surface area contributed by atoms with E-state index in [-0.39, 0.29) is 35.6 Å². The van der Waals surface area contributed by atoms with Crippen molar-refractivity contribution in [2.75, 3.05) is 19.6 Å². The molecule has 6 heteroatoms. The lowest BCUT2D eigenvalue weighted by Gasteiger charge is -2.23. The zero-order valence-corrected chi connectivity index (χ0v) is 14.9. The van der Waals surface area contributed by atoms with Gasteiger partial charge in [-0.15, -0.1) is 12.4 Å². The molecule has 132 valence electrons. The van der Waals surface area contributed by atoms with E-state index in [1.54, 1.807) is 12.1 Å². The Labute approximate surface area is 149 Å². The standard InChI is InChI=1S/C18H25N3O2.ClH/c1-2-20-16(22)14-5-3-13(4-6-14)12-21-17(23)15-11-18(15)7-9-19-10-8-18;/h3-6,15,19H,2,7-12H2,1H3,(H,20,22)(H,21,23);1H. The van der Waals surface area contributed by atoms with Crippen molar-refractivity contribution in [2.45, 2.75) is 32.7 Å². The lowest BCUT2D eigenvalue weighted by Crippen LogP contribution is -2.33. The smallest absolute Gasteiger partial charge is 0.251 e. The van der Waals surface area contributed by atoms with Gasteiger partial charge in [0, 0.05) is 24.6 Å². The van der Waals surface area contributed by atoms with E-state index in [0.717, 1.165) is 37.9 Å². The Hall–Kier alpha value is -1.59. The summed E-state index contributed by atoms with van der Waals surface area (Å²) in [5, 5.41) is 9.18. The largest absolute Gasteiger partial charge is 0.352 e. The zero-order valence-electron chi connectivity index (χ0n) is 14.1. The maximum absolute atomic E-state index is 12.3. The van der Waals surface area contributed by atoms with E-state index < -0.39 is 0 Å². The number of carbonyl (C=O) groups excluding carboxylic acids is 2. The van der Waals surface area contributed by atoms with Crippen LogP contribution in [0.25, 0.3) is 0 Å². The van der Waals surface area contributed by atoms with Crippen molar-refractivity contribution in [1.82, 2.24) is 16.0 Å². The molecule has 1 spiro atoms. The molecular formula is C18H26ClN3O2. The summed E-state index contributed by atoms with van der Waals surface area (Å²) in [6.07, 6.45) is 3.27. The second-order valence-corrected chi connectivity index (χ2v) is 6.64. The van der Waals surface area contributed by atoms with Crippen LogP contribution in [0.4, 0.5) is 0 Å². The third kappa shape index (κ3) is 4.08. The van der Waals surface area contributed by atoms with Crippen LogP contribution < -0.4 is 16.0 Å². The molecule has 0 aromatic heterocycles. The van der Waals surface area contributed by atoms with Gasteiger partial charge in [0.15, 0.2) is 0 Å². The summed E-state index contributed by atoms with van der Waals surface area (Å²) in [7, 11) is 0. The van der Waals surface area contributed by atoms with Crippen LogP contribution in [0.15, 0.2) is 24.3 Å². The van der Waals surface area contributed by atoms with Crippen LogP contribution in [0.1, 0.15) is 42.1 Å². The topological polar surface area (TPSA) is 70.2 Å². The Morgan fingerprint density at radius 3 is 2.46 bits per heavy atom. The molecule has 3 rings (SSSR count). The van der Waals surface area contributed by atoms with E-state index in [2.05, 4.69) is 16.0 Å². The van der Waals surface area contributed by atoms with Crippen LogP contribution >= 0.6 is 12.4 Å². The van der Waals surface area contributed by atoms with Gasteiger partial charge >= 0.3 is 0 Å². The van der Waals surface area contributed by atoms with Crippen LogP contribution in [0.2, 0.25) is 0 Å². The number of rotatable bonds is 5. The maximum atomic E-state index is 12.3. The number of nitrogens with one attached hydrogen (secondary N) is 3. The van der Waals surface area contributed by atoms with E-state index >= 15 is 0 Å². The summed E-state index contributed by atoms with van der Waals surface area (Å²) in [5.74, 6) is 0.313. The molecule has 1 aromatic rings. The van der Waals surface area contributed by atoms with Crippen molar-refractivity contribution in [3.8, 4) is 0 Å². The SMILES string of the molecule is CCNC(=O)c1ccc(CNC(=O)C2CC23CCNCC3)cc1.Cl. The molecule has 1 saturated carbocycles. The molecule has 1 heterocycles. The van der Waals surface area contributed by atoms with Crippen LogP contribution in [0, 0.1) is 11.3 Å². The first-order valence-electron chi connectivity index (χ1n) is 8.50. The molecule has 2 fully saturated rings. The summed E-state index contributed by atoms with van der Waals surface area (Å²) >= 11 is 0. The van der Waals surface area contributed by atoms with E-state index in [9.17, 15) is 9.59 Å². The van der Waals surface area contributed by atoms with E-state index in [1.165, 1.54) is 0 Å². The monoisotopic (exact) mass is 351 g/mol. The average molecular weight is 352 g/mol. The highest BCUT2D eigenvalue weighted by atomic mass is 35.5. The Morgan fingerprint density at radius 2 is 1.83 bits per heavy atom. The van der Waals surface area contributed by atoms with Gasteiger partial charge in [-0.05, 0) is 62.4 Å². The van der Waals surface area contributed by atoms with Gasteiger partial charge in [-0.25, -0.2) is 0 Å². The molecule has 0 radical (unpaired) electrons. The summed E-state index contributed by atoms with van der Waals surface area (Å²) < 4.78 is 0. The van der Waals surface area contributed by atoms with Crippen molar-refractivity contribution < 1.29 is 9.59 Å². The highest BCUT2D eigenvalue weighted by molar-refractivity contribution is 5.94. The van der Waals surface area contributed by atoms with Crippen molar-refractivity contribution in [3.63, 3.8) is 0 Å². The van der Waals surface area contributed by atoms with Crippen LogP contribution in [-0.4, -0.2) is 31.4 Å². The van der Waals surface area contributed by atoms with Crippen molar-refractivity contribution in [2.24, 2.45) is 11.3 Å². The predicted molar refractivity (Wildman–Crippen MR) is 96.2 cm³/mol. The van der Waals surface area contributed by atoms with Gasteiger partial charge in [0.1, 0.15) is 0 Å². The number of amides is 2. The molecule has 2 aliphatic rings. The van der Waals surface area contributed by atoms with Crippen molar-refractivity contribution >= 4 is 24.2 Å². The van der Waals surface area contributed by atoms with E-state index in [1.807, 2.05) is 19.1 Å². The minimum atomic E-state index is -0.0612. The van der Waals surface area contributed by atoms with Crippen LogP contribution in [0.3, 0.4) is 0 Å². The number of piperidine rings is 1. The number of carbonyl (C=O) groups is 2. The Bertz CT molecular complexity index is 582. The van der Waals surface area contributed by atoms with Crippen LogP contribution in [0.5, 0.6) is 0 Å². The fraction of sp³-hybridized carbons (Fsp3) is 0.556. The first kappa shape index (κ1) is 18.7. The first-order chi connectivity index (χ1) is 11.1. The summed E-state index contributed by atoms with van der Waals surface area (Å²) in [5.41, 5.74) is 1.95. The molecule has 0 bridgehead atoms. The average Bonchev–Trinajstić information content (AvgIpc) is 3.27. The fourth-order valence-electron chi connectivity index (χ4n) is 3.54. The third-order valence-electron chi connectivity index (χ3n) is 5.13. The highest BCUT2D eigenvalue weighted by Crippen LogP contribution is 2.58. The molecule has 1 aliphatic heterocycles. The normalized spacial score (nSPS) is 20.8. The molecule has 2 amide bonds. The van der Waals surface area contributed by atoms with Crippen molar-refractivity contribution in [3.05, 3.63) is 35.4 Å². The Morgan fingerprint density at radius 1 is 1.17 bits per heavy atom. The molecule has 1 unspecified atom stereocenters. The number of hydrogen-bond acceptors (Lipinski definition) is 3. The fourth-order valence-corrected chi connectivity index (χ4v) is 3.54. The maximum Gasteiger partial charge on any atom is 0.251 e. The highest BCUT2D eigenvalue weighted by Gasteiger charge is 2.57. The van der Waals surface area contributed by atoms with Gasteiger partial charge in [-0.2, -0.15) is 0 Å². The van der Waals surface area contributed by atoms with Gasteiger partial charge in [-0.3, -0.25) is 9.59 Å². The summed E-state index contributed by atoms with van der Waals surface area (Å²) in [6, 6.07) is 7.41. The predicted octanol–water partition coefficient (Wildman–Crippen LogP) is 1.86. The molecule has 24 heavy (non-hydrogen) atoms. The lowest BCUT2D eigenvalue weighted by molar-refractivity contribution is -0.123. The second-order valence-electron chi connectivity index (χ2n) is 6.64. The number of hydrogen-bond donors (Lipinski definition) is 3. The molecule has 5 nitrogen and oxygen atoms in total. The Kier molecular flexibility index (Phi) is 6.24. The van der Waals surface area contributed by atoms with Gasteiger partial charge < -0.3 is 16.0 Å². The first-order valence-corrected chi connectivity index (χ1v) is 8.50. The molecule has 1 atom stereocenters. The van der Waals surface area contributed by atoms with E-state index in [0.29, 0.717) is 18.7 Å². The number of benzene rings is 1. The summed E-state index contributed by atoms with van der Waals surface area (Å²) in [6.45, 7) is 5.11. The molecule has 1 aliphatic carbocycles. The van der Waals surface area contributed by atoms with Gasteiger partial charge in [-0.1, -0.05) is 12.1 Å². The second kappa shape index (κ2) is 7.99. The quantitative estimate of drug-likeness (QED) is 0.758. The number of halogens is 1. The van der Waals surface area contributed by atoms with Gasteiger partial charge in [0.2, 0.25) is 5.91 Å². The summed E-state index contributed by atoms with van der Waals surface area (Å²) in [4.78, 5) is 24.0. The lowest BCUT2D eigenvalue weighted by atomic mass is 9.92. The molecule has 1 saturated heterocycles. The molecule has 3 N–H and O–H groups in total. The molecular weight excluding hydrogens is 326 g/mol. The van der Waals surface area contributed by atoms with Crippen LogP contribution in [-0.2, 0) is 11.3 Å².